The molecule has 0 saturated carbocycles. The molecule has 1 amide bonds. The highest BCUT2D eigenvalue weighted by Gasteiger charge is 2.40. The highest BCUT2D eigenvalue weighted by Crippen LogP contribution is 2.53. The van der Waals surface area contributed by atoms with E-state index in [1.165, 1.54) is 11.5 Å². The van der Waals surface area contributed by atoms with Gasteiger partial charge in [0.1, 0.15) is 11.4 Å². The Morgan fingerprint density at radius 2 is 1.76 bits per heavy atom. The molecule has 3 rings (SSSR count). The second kappa shape index (κ2) is 15.0. The van der Waals surface area contributed by atoms with Crippen molar-refractivity contribution >= 4 is 59.5 Å². The summed E-state index contributed by atoms with van der Waals surface area (Å²) in [5.74, 6) is -4.16. The Labute approximate surface area is 244 Å². The molecule has 1 aliphatic rings. The molecular weight excluding hydrogens is 610 g/mol. The molecule has 3 N–H and O–H groups in total. The zero-order valence-electron chi connectivity index (χ0n) is 23.2. The van der Waals surface area contributed by atoms with Crippen LogP contribution in [0.25, 0.3) is 10.9 Å². The zero-order chi connectivity index (χ0) is 31.8. The first-order valence-corrected chi connectivity index (χ1v) is 14.9. The fourth-order valence-corrected chi connectivity index (χ4v) is 5.83. The van der Waals surface area contributed by atoms with Crippen LogP contribution in [0.15, 0.2) is 18.2 Å². The van der Waals surface area contributed by atoms with E-state index in [1.807, 2.05) is 0 Å². The second-order valence-corrected chi connectivity index (χ2v) is 11.6. The smallest absolute Gasteiger partial charge is 0.475 e. The van der Waals surface area contributed by atoms with Gasteiger partial charge in [0.15, 0.2) is 5.78 Å². The number of hydrogen-bond acceptors (Lipinski definition) is 9. The van der Waals surface area contributed by atoms with Crippen LogP contribution in [0.1, 0.15) is 44.6 Å². The number of aromatic nitrogens is 1. The number of fused-ring (bicyclic) bond motifs is 1. The van der Waals surface area contributed by atoms with Crippen molar-refractivity contribution in [2.75, 3.05) is 38.2 Å². The van der Waals surface area contributed by atoms with E-state index < -0.39 is 43.3 Å². The molecule has 0 aliphatic carbocycles. The summed E-state index contributed by atoms with van der Waals surface area (Å²) in [6.07, 6.45) is -5.26. The van der Waals surface area contributed by atoms with Gasteiger partial charge in [0.05, 0.1) is 31.0 Å². The molecule has 17 heteroatoms. The summed E-state index contributed by atoms with van der Waals surface area (Å²) in [6, 6.07) is 4.72. The quantitative estimate of drug-likeness (QED) is 0.229. The van der Waals surface area contributed by atoms with E-state index in [9.17, 15) is 32.1 Å². The van der Waals surface area contributed by atoms with Crippen LogP contribution in [0.2, 0.25) is 5.02 Å². The van der Waals surface area contributed by atoms with Crippen molar-refractivity contribution in [2.24, 2.45) is 5.92 Å². The summed E-state index contributed by atoms with van der Waals surface area (Å²) in [5.41, 5.74) is -0.747. The topological polar surface area (TPSA) is 162 Å². The van der Waals surface area contributed by atoms with Gasteiger partial charge in [0, 0.05) is 22.9 Å². The van der Waals surface area contributed by atoms with Gasteiger partial charge >= 0.3 is 25.8 Å². The van der Waals surface area contributed by atoms with Gasteiger partial charge in [0.2, 0.25) is 5.91 Å². The van der Waals surface area contributed by atoms with E-state index in [0.717, 1.165) is 0 Å². The Balaban J connectivity index is 0.000000782. The summed E-state index contributed by atoms with van der Waals surface area (Å²) < 4.78 is 62.0. The maximum absolute atomic E-state index is 13.6. The molecule has 0 bridgehead atoms. The number of carbonyl (C=O) groups is 4. The molecule has 1 aromatic carbocycles. The van der Waals surface area contributed by atoms with E-state index in [-0.39, 0.29) is 37.0 Å². The van der Waals surface area contributed by atoms with Crippen molar-refractivity contribution in [3.63, 3.8) is 0 Å². The third kappa shape index (κ3) is 8.32. The van der Waals surface area contributed by atoms with Gasteiger partial charge in [-0.05, 0) is 58.9 Å². The SMILES string of the molecule is CCOC(=O)n1c(C(=O)C2CCNC2)c(NC(=O)C(C)P(=O)(OCC)OCC)c2cc(Cl)ccc21.O=C(O)C(F)(F)F. The zero-order valence-corrected chi connectivity index (χ0v) is 24.9. The Morgan fingerprint density at radius 3 is 2.24 bits per heavy atom. The van der Waals surface area contributed by atoms with Crippen molar-refractivity contribution < 1.29 is 55.8 Å². The van der Waals surface area contributed by atoms with Crippen LogP contribution in [-0.4, -0.2) is 78.2 Å². The maximum Gasteiger partial charge on any atom is 0.490 e. The summed E-state index contributed by atoms with van der Waals surface area (Å²) >= 11 is 6.24. The van der Waals surface area contributed by atoms with Crippen LogP contribution in [0.4, 0.5) is 23.7 Å². The largest absolute Gasteiger partial charge is 0.490 e. The maximum atomic E-state index is 13.6. The Morgan fingerprint density at radius 1 is 1.17 bits per heavy atom. The van der Waals surface area contributed by atoms with Gasteiger partial charge in [0.25, 0.3) is 0 Å². The molecular formula is C25H32ClF3N3O9P. The number of benzene rings is 1. The summed E-state index contributed by atoms with van der Waals surface area (Å²) in [6.45, 7) is 7.76. The third-order valence-electron chi connectivity index (χ3n) is 6.01. The minimum Gasteiger partial charge on any atom is -0.475 e. The number of carboxylic acids is 1. The lowest BCUT2D eigenvalue weighted by Crippen LogP contribution is -2.29. The molecule has 1 saturated heterocycles. The predicted octanol–water partition coefficient (Wildman–Crippen LogP) is 5.32. The van der Waals surface area contributed by atoms with E-state index >= 15 is 0 Å². The molecule has 2 atom stereocenters. The van der Waals surface area contributed by atoms with Crippen molar-refractivity contribution in [1.82, 2.24) is 9.88 Å². The molecule has 1 fully saturated rings. The average molecular weight is 642 g/mol. The number of amides is 1. The second-order valence-electron chi connectivity index (χ2n) is 8.82. The van der Waals surface area contributed by atoms with Gasteiger partial charge in [-0.1, -0.05) is 11.6 Å². The number of hydrogen-bond donors (Lipinski definition) is 3. The summed E-state index contributed by atoms with van der Waals surface area (Å²) in [5, 5.41) is 13.7. The molecule has 234 valence electrons. The van der Waals surface area contributed by atoms with E-state index in [4.69, 9.17) is 35.3 Å². The number of carbonyl (C=O) groups excluding carboxylic acids is 3. The first kappa shape index (κ1) is 35.2. The normalized spacial score (nSPS) is 16.0. The Bertz CT molecular complexity index is 1350. The third-order valence-corrected chi connectivity index (χ3v) is 8.66. The fourth-order valence-electron chi connectivity index (χ4n) is 4.06. The lowest BCUT2D eigenvalue weighted by molar-refractivity contribution is -0.192. The molecule has 0 spiro atoms. The van der Waals surface area contributed by atoms with Crippen LogP contribution >= 0.6 is 19.2 Å². The van der Waals surface area contributed by atoms with Crippen LogP contribution in [-0.2, 0) is 27.9 Å². The number of alkyl halides is 3. The number of halogens is 4. The number of carboxylic acid groups (broad SMARTS) is 1. The first-order chi connectivity index (χ1) is 19.6. The van der Waals surface area contributed by atoms with Crippen molar-refractivity contribution in [2.45, 2.75) is 46.0 Å². The van der Waals surface area contributed by atoms with Gasteiger partial charge in [-0.3, -0.25) is 14.2 Å². The molecule has 2 heterocycles. The lowest BCUT2D eigenvalue weighted by atomic mass is 9.99. The van der Waals surface area contributed by atoms with Crippen molar-refractivity contribution in [1.29, 1.82) is 0 Å². The van der Waals surface area contributed by atoms with E-state index in [2.05, 4.69) is 10.6 Å². The van der Waals surface area contributed by atoms with Gasteiger partial charge in [-0.2, -0.15) is 13.2 Å². The summed E-state index contributed by atoms with van der Waals surface area (Å²) in [7, 11) is -3.79. The number of aliphatic carboxylic acids is 1. The van der Waals surface area contributed by atoms with Crippen molar-refractivity contribution in [3.8, 4) is 0 Å². The first-order valence-electron chi connectivity index (χ1n) is 12.9. The molecule has 2 unspecified atom stereocenters. The number of rotatable bonds is 10. The molecule has 2 aromatic rings. The number of ketones is 1. The van der Waals surface area contributed by atoms with E-state index in [0.29, 0.717) is 35.4 Å². The van der Waals surface area contributed by atoms with Crippen LogP contribution in [0, 0.1) is 5.92 Å². The standard InChI is InChI=1S/C23H31ClN3O7P.C2HF3O2/c1-5-32-23(30)27-18-9-8-16(24)12-17(18)19(20(27)21(28)15-10-11-25-13-15)26-22(29)14(4)35(31,33-6-2)34-7-3;3-2(4,5)1(6)7/h8-9,12,14-15,25H,5-7,10-11,13H2,1-4H3,(H,26,29);(H,6,7). The fraction of sp³-hybridized carbons (Fsp3) is 0.520. The average Bonchev–Trinajstić information content (AvgIpc) is 3.55. The highest BCUT2D eigenvalue weighted by molar-refractivity contribution is 7.55. The van der Waals surface area contributed by atoms with Crippen LogP contribution in [0.3, 0.4) is 0 Å². The molecule has 1 aromatic heterocycles. The van der Waals surface area contributed by atoms with Gasteiger partial charge < -0.3 is 29.5 Å². The van der Waals surface area contributed by atoms with Gasteiger partial charge in [-0.25, -0.2) is 14.2 Å². The predicted molar refractivity (Wildman–Crippen MR) is 147 cm³/mol. The Kier molecular flexibility index (Phi) is 12.6. The van der Waals surface area contributed by atoms with Crippen molar-refractivity contribution in [3.05, 3.63) is 28.9 Å². The van der Waals surface area contributed by atoms with Crippen LogP contribution < -0.4 is 10.6 Å². The van der Waals surface area contributed by atoms with E-state index in [1.54, 1.807) is 39.0 Å². The number of nitrogens with one attached hydrogen (secondary N) is 2. The minimum absolute atomic E-state index is 0.0161. The van der Waals surface area contributed by atoms with Gasteiger partial charge in [-0.15, -0.1) is 0 Å². The minimum atomic E-state index is -5.08. The molecule has 12 nitrogen and oxygen atoms in total. The number of ether oxygens (including phenoxy) is 1. The summed E-state index contributed by atoms with van der Waals surface area (Å²) in [4.78, 5) is 48.8. The monoisotopic (exact) mass is 641 g/mol. The lowest BCUT2D eigenvalue weighted by Gasteiger charge is -2.23. The number of Topliss-reactive ketones (excluding diaryl/α,β-unsaturated/α-hetero) is 1. The molecule has 1 aliphatic heterocycles. The highest BCUT2D eigenvalue weighted by atomic mass is 35.5. The molecule has 42 heavy (non-hydrogen) atoms. The Hall–Kier alpha value is -2.97. The molecule has 0 radical (unpaired) electrons. The number of anilines is 1. The van der Waals surface area contributed by atoms with Crippen LogP contribution in [0.5, 0.6) is 0 Å². The number of nitrogens with zero attached hydrogens (tertiary/aromatic N) is 1.